The van der Waals surface area contributed by atoms with Crippen molar-refractivity contribution in [2.24, 2.45) is 0 Å². The smallest absolute Gasteiger partial charge is 0.229 e. The number of aryl methyl sites for hydroxylation is 1. The lowest BCUT2D eigenvalue weighted by atomic mass is 10.2. The van der Waals surface area contributed by atoms with E-state index in [-0.39, 0.29) is 5.91 Å². The van der Waals surface area contributed by atoms with E-state index in [1.165, 1.54) is 17.5 Å². The number of hydrogen-bond acceptors (Lipinski definition) is 2. The van der Waals surface area contributed by atoms with Gasteiger partial charge in [0.1, 0.15) is 0 Å². The molecular weight excluding hydrogens is 194 g/mol. The first-order chi connectivity index (χ1) is 6.83. The Morgan fingerprint density at radius 2 is 2.07 bits per heavy atom. The van der Waals surface area contributed by atoms with Crippen LogP contribution >= 0.6 is 11.9 Å². The lowest BCUT2D eigenvalue weighted by Crippen LogP contribution is -2.14. The van der Waals surface area contributed by atoms with Crippen LogP contribution < -0.4 is 4.72 Å². The molecule has 0 saturated carbocycles. The van der Waals surface area contributed by atoms with Crippen molar-refractivity contribution in [2.45, 2.75) is 19.8 Å². The van der Waals surface area contributed by atoms with E-state index in [9.17, 15) is 4.79 Å². The zero-order valence-electron chi connectivity index (χ0n) is 8.32. The molecule has 76 valence electrons. The molecular formula is C11H15NOS. The van der Waals surface area contributed by atoms with Crippen LogP contribution in [0.4, 0.5) is 0 Å². The van der Waals surface area contributed by atoms with Gasteiger partial charge in [0.05, 0.1) is 0 Å². The summed E-state index contributed by atoms with van der Waals surface area (Å²) in [5.74, 6) is 1.03. The highest BCUT2D eigenvalue weighted by molar-refractivity contribution is 7.97. The van der Waals surface area contributed by atoms with Crippen LogP contribution in [-0.2, 0) is 11.2 Å². The minimum absolute atomic E-state index is 0.100. The number of hydrogen-bond donors (Lipinski definition) is 1. The van der Waals surface area contributed by atoms with Crippen LogP contribution in [0.3, 0.4) is 0 Å². The Balaban J connectivity index is 2.13. The monoisotopic (exact) mass is 209 g/mol. The summed E-state index contributed by atoms with van der Waals surface area (Å²) in [5, 5.41) is 0. The predicted molar refractivity (Wildman–Crippen MR) is 61.0 cm³/mol. The summed E-state index contributed by atoms with van der Waals surface area (Å²) in [4.78, 5) is 10.9. The first kappa shape index (κ1) is 11.1. The number of nitrogens with one attached hydrogen (secondary N) is 1. The van der Waals surface area contributed by atoms with Crippen LogP contribution in [0.15, 0.2) is 30.3 Å². The molecule has 0 radical (unpaired) electrons. The van der Waals surface area contributed by atoms with Gasteiger partial charge in [-0.15, -0.1) is 0 Å². The maximum atomic E-state index is 10.9. The highest BCUT2D eigenvalue weighted by Crippen LogP contribution is 2.04. The van der Waals surface area contributed by atoms with E-state index in [2.05, 4.69) is 16.9 Å². The summed E-state index contributed by atoms with van der Waals surface area (Å²) in [6, 6.07) is 10.3. The summed E-state index contributed by atoms with van der Waals surface area (Å²) in [6.45, 7) is 1.85. The Labute approximate surface area is 89.2 Å². The molecule has 2 nitrogen and oxygen atoms in total. The third-order valence-electron chi connectivity index (χ3n) is 1.84. The molecule has 14 heavy (non-hydrogen) atoms. The van der Waals surface area contributed by atoms with Gasteiger partial charge in [0.25, 0.3) is 0 Å². The summed E-state index contributed by atoms with van der Waals surface area (Å²) < 4.78 is 2.78. The molecule has 0 bridgehead atoms. The van der Waals surface area contributed by atoms with Gasteiger partial charge >= 0.3 is 0 Å². The van der Waals surface area contributed by atoms with E-state index in [0.29, 0.717) is 6.42 Å². The standard InChI is InChI=1S/C11H15NOS/c1-2-11(13)12-14-9-8-10-6-4-3-5-7-10/h3-7H,2,8-9H2,1H3,(H,12,13). The fraction of sp³-hybridized carbons (Fsp3) is 0.364. The molecule has 1 N–H and O–H groups in total. The van der Waals surface area contributed by atoms with Gasteiger partial charge in [-0.2, -0.15) is 0 Å². The molecule has 0 saturated heterocycles. The summed E-state index contributed by atoms with van der Waals surface area (Å²) >= 11 is 1.48. The number of carbonyl (C=O) groups excluding carboxylic acids is 1. The number of carbonyl (C=O) groups is 1. The quantitative estimate of drug-likeness (QED) is 0.596. The van der Waals surface area contributed by atoms with Crippen molar-refractivity contribution in [3.63, 3.8) is 0 Å². The van der Waals surface area contributed by atoms with Gasteiger partial charge in [0, 0.05) is 12.2 Å². The highest BCUT2D eigenvalue weighted by atomic mass is 32.2. The molecule has 0 fully saturated rings. The second-order valence-electron chi connectivity index (χ2n) is 2.96. The molecule has 1 aromatic rings. The van der Waals surface area contributed by atoms with Crippen molar-refractivity contribution in [1.29, 1.82) is 0 Å². The van der Waals surface area contributed by atoms with Gasteiger partial charge in [-0.3, -0.25) is 4.79 Å². The van der Waals surface area contributed by atoms with Crippen LogP contribution in [0, 0.1) is 0 Å². The lowest BCUT2D eigenvalue weighted by Gasteiger charge is -2.02. The van der Waals surface area contributed by atoms with Gasteiger partial charge < -0.3 is 4.72 Å². The highest BCUT2D eigenvalue weighted by Gasteiger charge is 1.96. The van der Waals surface area contributed by atoms with Crippen molar-refractivity contribution >= 4 is 17.9 Å². The Hall–Kier alpha value is -0.960. The molecule has 3 heteroatoms. The Bertz CT molecular complexity index is 274. The zero-order valence-corrected chi connectivity index (χ0v) is 9.14. The first-order valence-corrected chi connectivity index (χ1v) is 5.76. The minimum Gasteiger partial charge on any atom is -0.300 e. The minimum atomic E-state index is 0.100. The Morgan fingerprint density at radius 3 is 2.71 bits per heavy atom. The molecule has 0 atom stereocenters. The SMILES string of the molecule is CCC(=O)NSCCc1ccccc1. The largest absolute Gasteiger partial charge is 0.300 e. The fourth-order valence-corrected chi connectivity index (χ4v) is 1.76. The summed E-state index contributed by atoms with van der Waals surface area (Å²) in [5.41, 5.74) is 1.31. The molecule has 0 spiro atoms. The maximum Gasteiger partial charge on any atom is 0.229 e. The van der Waals surface area contributed by atoms with Crippen molar-refractivity contribution in [2.75, 3.05) is 5.75 Å². The number of amides is 1. The van der Waals surface area contributed by atoms with Crippen molar-refractivity contribution in [1.82, 2.24) is 4.72 Å². The molecule has 0 aliphatic heterocycles. The van der Waals surface area contributed by atoms with Crippen molar-refractivity contribution in [3.05, 3.63) is 35.9 Å². The van der Waals surface area contributed by atoms with E-state index in [1.807, 2.05) is 25.1 Å². The van der Waals surface area contributed by atoms with Gasteiger partial charge in [-0.25, -0.2) is 0 Å². The number of benzene rings is 1. The summed E-state index contributed by atoms with van der Waals surface area (Å²) in [6.07, 6.45) is 1.55. The zero-order chi connectivity index (χ0) is 10.2. The average molecular weight is 209 g/mol. The molecule has 1 amide bonds. The van der Waals surface area contributed by atoms with Crippen molar-refractivity contribution in [3.8, 4) is 0 Å². The van der Waals surface area contributed by atoms with E-state index >= 15 is 0 Å². The third-order valence-corrected chi connectivity index (χ3v) is 2.62. The number of rotatable bonds is 5. The van der Waals surface area contributed by atoms with Gasteiger partial charge in [0.2, 0.25) is 5.91 Å². The van der Waals surface area contributed by atoms with Crippen LogP contribution in [0.1, 0.15) is 18.9 Å². The van der Waals surface area contributed by atoms with E-state index in [0.717, 1.165) is 12.2 Å². The van der Waals surface area contributed by atoms with Crippen LogP contribution in [-0.4, -0.2) is 11.7 Å². The van der Waals surface area contributed by atoms with Crippen LogP contribution in [0.2, 0.25) is 0 Å². The molecule has 1 rings (SSSR count). The molecule has 0 aromatic heterocycles. The van der Waals surface area contributed by atoms with E-state index in [4.69, 9.17) is 0 Å². The van der Waals surface area contributed by atoms with E-state index in [1.54, 1.807) is 0 Å². The first-order valence-electron chi connectivity index (χ1n) is 4.77. The molecule has 0 unspecified atom stereocenters. The molecule has 0 aliphatic rings. The van der Waals surface area contributed by atoms with E-state index < -0.39 is 0 Å². The topological polar surface area (TPSA) is 29.1 Å². The maximum absolute atomic E-state index is 10.9. The molecule has 0 aliphatic carbocycles. The summed E-state index contributed by atoms with van der Waals surface area (Å²) in [7, 11) is 0. The second-order valence-corrected chi connectivity index (χ2v) is 3.86. The molecule has 0 heterocycles. The average Bonchev–Trinajstić information content (AvgIpc) is 2.25. The second kappa shape index (κ2) is 6.49. The van der Waals surface area contributed by atoms with Gasteiger partial charge in [-0.05, 0) is 12.0 Å². The third kappa shape index (κ3) is 4.33. The normalized spacial score (nSPS) is 9.79. The predicted octanol–water partition coefficient (Wildman–Crippen LogP) is 2.40. The Morgan fingerprint density at radius 1 is 1.36 bits per heavy atom. The van der Waals surface area contributed by atoms with Gasteiger partial charge in [0.15, 0.2) is 0 Å². The Kier molecular flexibility index (Phi) is 5.15. The van der Waals surface area contributed by atoms with Gasteiger partial charge in [-0.1, -0.05) is 49.2 Å². The lowest BCUT2D eigenvalue weighted by molar-refractivity contribution is -0.118. The molecule has 1 aromatic carbocycles. The fourth-order valence-electron chi connectivity index (χ4n) is 1.02. The van der Waals surface area contributed by atoms with Crippen LogP contribution in [0.5, 0.6) is 0 Å². The van der Waals surface area contributed by atoms with Crippen molar-refractivity contribution < 1.29 is 4.79 Å². The van der Waals surface area contributed by atoms with Crippen LogP contribution in [0.25, 0.3) is 0 Å².